The van der Waals surface area contributed by atoms with Crippen LogP contribution in [0.2, 0.25) is 0 Å². The fraction of sp³-hybridized carbons (Fsp3) is 0.417. The van der Waals surface area contributed by atoms with E-state index in [1.165, 1.54) is 0 Å². The lowest BCUT2D eigenvalue weighted by Gasteiger charge is -2.25. The first kappa shape index (κ1) is 14.7. The fourth-order valence-corrected chi connectivity index (χ4v) is 4.37. The van der Waals surface area contributed by atoms with Gasteiger partial charge in [0, 0.05) is 21.8 Å². The molecule has 0 spiro atoms. The van der Waals surface area contributed by atoms with Crippen molar-refractivity contribution < 1.29 is 8.42 Å². The third kappa shape index (κ3) is 3.90. The van der Waals surface area contributed by atoms with Crippen molar-refractivity contribution >= 4 is 48.7 Å². The summed E-state index contributed by atoms with van der Waals surface area (Å²) in [5, 5.41) is 3.25. The van der Waals surface area contributed by atoms with E-state index in [9.17, 15) is 8.42 Å². The quantitative estimate of drug-likeness (QED) is 0.805. The second-order valence-electron chi connectivity index (χ2n) is 4.65. The molecule has 2 rings (SSSR count). The molecule has 1 fully saturated rings. The summed E-state index contributed by atoms with van der Waals surface area (Å²) in [6.07, 6.45) is 1.53. The van der Waals surface area contributed by atoms with Crippen LogP contribution in [-0.4, -0.2) is 31.0 Å². The zero-order valence-electron chi connectivity index (χ0n) is 10.2. The van der Waals surface area contributed by atoms with Crippen LogP contribution in [0.15, 0.2) is 22.7 Å². The highest BCUT2D eigenvalue weighted by Gasteiger charge is 2.25. The lowest BCUT2D eigenvalue weighted by Crippen LogP contribution is -2.35. The first-order valence-electron chi connectivity index (χ1n) is 5.94. The lowest BCUT2D eigenvalue weighted by molar-refractivity contribution is 0.562. The molecule has 0 bridgehead atoms. The highest BCUT2D eigenvalue weighted by atomic mass is 79.9. The van der Waals surface area contributed by atoms with Gasteiger partial charge in [-0.25, -0.2) is 8.42 Å². The maximum absolute atomic E-state index is 11.6. The minimum Gasteiger partial charge on any atom is -0.389 e. The average molecular weight is 363 g/mol. The standard InChI is InChI=1S/C12H15BrN2O2S2/c13-8-3-4-11(10(6-8)12(14)18)15-9-2-1-5-19(16,17)7-9/h3-4,6,9,15H,1-2,5,7H2,(H2,14,18). The Hall–Kier alpha value is -0.660. The molecule has 1 saturated heterocycles. The van der Waals surface area contributed by atoms with Gasteiger partial charge in [0.25, 0.3) is 0 Å². The molecule has 19 heavy (non-hydrogen) atoms. The van der Waals surface area contributed by atoms with Crippen LogP contribution in [0.4, 0.5) is 5.69 Å². The van der Waals surface area contributed by atoms with E-state index < -0.39 is 9.84 Å². The number of anilines is 1. The molecule has 0 amide bonds. The van der Waals surface area contributed by atoms with Crippen molar-refractivity contribution in [2.75, 3.05) is 16.8 Å². The van der Waals surface area contributed by atoms with Crippen LogP contribution < -0.4 is 11.1 Å². The Labute approximate surface area is 126 Å². The van der Waals surface area contributed by atoms with E-state index in [0.29, 0.717) is 11.4 Å². The van der Waals surface area contributed by atoms with Crippen molar-refractivity contribution in [1.82, 2.24) is 0 Å². The van der Waals surface area contributed by atoms with E-state index >= 15 is 0 Å². The van der Waals surface area contributed by atoms with Gasteiger partial charge in [-0.2, -0.15) is 0 Å². The maximum Gasteiger partial charge on any atom is 0.152 e. The van der Waals surface area contributed by atoms with Crippen LogP contribution in [0.1, 0.15) is 18.4 Å². The molecule has 7 heteroatoms. The number of halogens is 1. The van der Waals surface area contributed by atoms with Gasteiger partial charge in [-0.1, -0.05) is 28.1 Å². The summed E-state index contributed by atoms with van der Waals surface area (Å²) in [7, 11) is -2.93. The van der Waals surface area contributed by atoms with Crippen molar-refractivity contribution in [2.24, 2.45) is 5.73 Å². The van der Waals surface area contributed by atoms with Crippen molar-refractivity contribution in [2.45, 2.75) is 18.9 Å². The second-order valence-corrected chi connectivity index (χ2v) is 8.24. The molecule has 104 valence electrons. The zero-order valence-corrected chi connectivity index (χ0v) is 13.4. The topological polar surface area (TPSA) is 72.2 Å². The molecule has 1 aliphatic rings. The van der Waals surface area contributed by atoms with Crippen LogP contribution in [-0.2, 0) is 9.84 Å². The Morgan fingerprint density at radius 2 is 2.21 bits per heavy atom. The van der Waals surface area contributed by atoms with E-state index in [2.05, 4.69) is 21.2 Å². The van der Waals surface area contributed by atoms with Crippen LogP contribution in [0, 0.1) is 0 Å². The molecule has 0 radical (unpaired) electrons. The Bertz CT molecular complexity index is 602. The van der Waals surface area contributed by atoms with Gasteiger partial charge < -0.3 is 11.1 Å². The summed E-state index contributed by atoms with van der Waals surface area (Å²) in [5.41, 5.74) is 7.21. The molecular formula is C12H15BrN2O2S2. The predicted octanol–water partition coefficient (Wildman–Crippen LogP) is 2.07. The number of sulfone groups is 1. The molecule has 1 unspecified atom stereocenters. The van der Waals surface area contributed by atoms with Crippen LogP contribution in [0.5, 0.6) is 0 Å². The molecular weight excluding hydrogens is 348 g/mol. The second kappa shape index (κ2) is 5.76. The molecule has 0 saturated carbocycles. The molecule has 0 aliphatic carbocycles. The van der Waals surface area contributed by atoms with E-state index in [4.69, 9.17) is 18.0 Å². The molecule has 1 heterocycles. The van der Waals surface area contributed by atoms with Gasteiger partial charge in [-0.15, -0.1) is 0 Å². The SMILES string of the molecule is NC(=S)c1cc(Br)ccc1NC1CCCS(=O)(=O)C1. The van der Waals surface area contributed by atoms with Crippen molar-refractivity contribution in [3.63, 3.8) is 0 Å². The largest absolute Gasteiger partial charge is 0.389 e. The van der Waals surface area contributed by atoms with Gasteiger partial charge in [-0.05, 0) is 31.0 Å². The number of thiocarbonyl (C=S) groups is 1. The monoisotopic (exact) mass is 362 g/mol. The lowest BCUT2D eigenvalue weighted by atomic mass is 10.1. The van der Waals surface area contributed by atoms with Gasteiger partial charge in [0.1, 0.15) is 4.99 Å². The highest BCUT2D eigenvalue weighted by Crippen LogP contribution is 2.24. The minimum absolute atomic E-state index is 0.0759. The Morgan fingerprint density at radius 1 is 1.47 bits per heavy atom. The summed E-state index contributed by atoms with van der Waals surface area (Å²) in [4.78, 5) is 0.294. The third-order valence-electron chi connectivity index (χ3n) is 3.07. The number of hydrogen-bond donors (Lipinski definition) is 2. The first-order valence-corrected chi connectivity index (χ1v) is 8.96. The summed E-state index contributed by atoms with van der Waals surface area (Å²) in [6.45, 7) is 0. The van der Waals surface area contributed by atoms with E-state index in [0.717, 1.165) is 22.1 Å². The minimum atomic E-state index is -2.93. The van der Waals surface area contributed by atoms with Crippen molar-refractivity contribution in [3.05, 3.63) is 28.2 Å². The third-order valence-corrected chi connectivity index (χ3v) is 5.60. The van der Waals surface area contributed by atoms with Gasteiger partial charge in [0.15, 0.2) is 9.84 Å². The zero-order chi connectivity index (χ0) is 14.0. The summed E-state index contributed by atoms with van der Waals surface area (Å²) in [6, 6.07) is 5.50. The summed E-state index contributed by atoms with van der Waals surface area (Å²) >= 11 is 8.39. The molecule has 0 aromatic heterocycles. The predicted molar refractivity (Wildman–Crippen MR) is 85.3 cm³/mol. The van der Waals surface area contributed by atoms with Gasteiger partial charge in [0.2, 0.25) is 0 Å². The Morgan fingerprint density at radius 3 is 2.84 bits per heavy atom. The summed E-state index contributed by atoms with van der Waals surface area (Å²) in [5.74, 6) is 0.452. The molecule has 1 atom stereocenters. The van der Waals surface area contributed by atoms with Gasteiger partial charge in [0.05, 0.1) is 11.5 Å². The average Bonchev–Trinajstić information content (AvgIpc) is 2.30. The normalized spacial score (nSPS) is 21.8. The number of nitrogens with one attached hydrogen (secondary N) is 1. The van der Waals surface area contributed by atoms with Gasteiger partial charge in [-0.3, -0.25) is 0 Å². The molecule has 1 aromatic rings. The van der Waals surface area contributed by atoms with Crippen LogP contribution >= 0.6 is 28.1 Å². The Balaban J connectivity index is 2.21. The van der Waals surface area contributed by atoms with E-state index in [1.807, 2.05) is 18.2 Å². The number of hydrogen-bond acceptors (Lipinski definition) is 4. The van der Waals surface area contributed by atoms with Crippen molar-refractivity contribution in [1.29, 1.82) is 0 Å². The maximum atomic E-state index is 11.6. The molecule has 4 nitrogen and oxygen atoms in total. The fourth-order valence-electron chi connectivity index (χ4n) is 2.20. The van der Waals surface area contributed by atoms with Crippen LogP contribution in [0.3, 0.4) is 0 Å². The number of nitrogens with two attached hydrogens (primary N) is 1. The van der Waals surface area contributed by atoms with Crippen LogP contribution in [0.25, 0.3) is 0 Å². The number of benzene rings is 1. The number of rotatable bonds is 3. The smallest absolute Gasteiger partial charge is 0.152 e. The molecule has 3 N–H and O–H groups in total. The Kier molecular flexibility index (Phi) is 4.47. The molecule has 1 aromatic carbocycles. The van der Waals surface area contributed by atoms with E-state index in [-0.39, 0.29) is 17.5 Å². The first-order chi connectivity index (χ1) is 8.87. The van der Waals surface area contributed by atoms with Crippen molar-refractivity contribution in [3.8, 4) is 0 Å². The molecule has 1 aliphatic heterocycles. The van der Waals surface area contributed by atoms with Gasteiger partial charge >= 0.3 is 0 Å². The summed E-state index contributed by atoms with van der Waals surface area (Å²) < 4.78 is 24.1. The highest BCUT2D eigenvalue weighted by molar-refractivity contribution is 9.10. The van der Waals surface area contributed by atoms with E-state index in [1.54, 1.807) is 0 Å².